The highest BCUT2D eigenvalue weighted by Gasteiger charge is 2.37. The van der Waals surface area contributed by atoms with Gasteiger partial charge in [-0.25, -0.2) is 9.69 Å². The Hall–Kier alpha value is -4.16. The van der Waals surface area contributed by atoms with Crippen LogP contribution in [0.25, 0.3) is 6.08 Å². The van der Waals surface area contributed by atoms with Gasteiger partial charge in [-0.1, -0.05) is 23.6 Å². The fraction of sp³-hybridized carbons (Fsp3) is 0.0500. The number of carbonyl (C=O) groups excluding carboxylic acids is 3. The number of barbiturate groups is 1. The predicted octanol–water partition coefficient (Wildman–Crippen LogP) is 2.93. The Bertz CT molecular complexity index is 1130. The molecule has 3 rings (SSSR count). The van der Waals surface area contributed by atoms with E-state index in [1.165, 1.54) is 30.3 Å². The number of rotatable bonds is 5. The van der Waals surface area contributed by atoms with Gasteiger partial charge in [0.25, 0.3) is 17.5 Å². The summed E-state index contributed by atoms with van der Waals surface area (Å²) >= 11 is 6.12. The van der Waals surface area contributed by atoms with Gasteiger partial charge < -0.3 is 4.74 Å². The van der Waals surface area contributed by atoms with Crippen LogP contribution < -0.4 is 15.0 Å². The number of imide groups is 2. The van der Waals surface area contributed by atoms with E-state index < -0.39 is 22.8 Å². The van der Waals surface area contributed by atoms with Crippen LogP contribution in [0.1, 0.15) is 5.56 Å². The number of carbonyl (C=O) groups is 3. The molecule has 0 unspecified atom stereocenters. The molecule has 0 atom stereocenters. The van der Waals surface area contributed by atoms with Crippen molar-refractivity contribution in [2.75, 3.05) is 11.5 Å². The Kier molecular flexibility index (Phi) is 5.80. The van der Waals surface area contributed by atoms with Crippen molar-refractivity contribution in [2.45, 2.75) is 0 Å². The summed E-state index contributed by atoms with van der Waals surface area (Å²) in [5, 5.41) is 13.1. The lowest BCUT2D eigenvalue weighted by Crippen LogP contribution is -2.54. The molecule has 10 heteroatoms. The fourth-order valence-corrected chi connectivity index (χ4v) is 2.87. The smallest absolute Gasteiger partial charge is 0.335 e. The van der Waals surface area contributed by atoms with Gasteiger partial charge in [0, 0.05) is 12.1 Å². The van der Waals surface area contributed by atoms with Gasteiger partial charge in [-0.05, 0) is 35.9 Å². The lowest BCUT2D eigenvalue weighted by Gasteiger charge is -2.26. The third-order valence-corrected chi connectivity index (χ3v) is 4.29. The first kappa shape index (κ1) is 20.6. The summed E-state index contributed by atoms with van der Waals surface area (Å²) in [4.78, 5) is 48.1. The van der Waals surface area contributed by atoms with E-state index in [0.717, 1.165) is 12.1 Å². The number of nitrogens with one attached hydrogen (secondary N) is 1. The van der Waals surface area contributed by atoms with Crippen molar-refractivity contribution in [2.24, 2.45) is 0 Å². The molecule has 150 valence electrons. The Balaban J connectivity index is 1.93. The van der Waals surface area contributed by atoms with Gasteiger partial charge in [0.2, 0.25) is 0 Å². The monoisotopic (exact) mass is 425 g/mol. The van der Waals surface area contributed by atoms with Crippen LogP contribution in [0, 0.1) is 22.5 Å². The molecule has 2 aromatic rings. The number of urea groups is 1. The van der Waals surface area contributed by atoms with Crippen molar-refractivity contribution in [1.82, 2.24) is 5.32 Å². The van der Waals surface area contributed by atoms with Gasteiger partial charge in [0.15, 0.2) is 0 Å². The molecule has 1 aliphatic rings. The number of ether oxygens (including phenoxy) is 1. The predicted molar refractivity (Wildman–Crippen MR) is 108 cm³/mol. The van der Waals surface area contributed by atoms with Crippen LogP contribution in [0.5, 0.6) is 5.75 Å². The molecule has 0 spiro atoms. The molecule has 1 fully saturated rings. The molecule has 0 aliphatic carbocycles. The molecule has 2 aromatic carbocycles. The van der Waals surface area contributed by atoms with Gasteiger partial charge in [-0.3, -0.25) is 25.0 Å². The molecule has 0 saturated carbocycles. The Morgan fingerprint density at radius 1 is 1.20 bits per heavy atom. The molecule has 0 aromatic heterocycles. The van der Waals surface area contributed by atoms with Crippen molar-refractivity contribution >= 4 is 46.9 Å². The maximum Gasteiger partial charge on any atom is 0.335 e. The number of hydrogen-bond donors (Lipinski definition) is 1. The zero-order chi connectivity index (χ0) is 21.8. The van der Waals surface area contributed by atoms with Gasteiger partial charge in [-0.2, -0.15) is 0 Å². The quantitative estimate of drug-likeness (QED) is 0.258. The number of amides is 4. The van der Waals surface area contributed by atoms with E-state index in [4.69, 9.17) is 22.8 Å². The number of non-ortho nitro benzene ring substituents is 1. The van der Waals surface area contributed by atoms with E-state index in [0.29, 0.717) is 16.2 Å². The average molecular weight is 426 g/mol. The van der Waals surface area contributed by atoms with E-state index in [9.17, 15) is 24.5 Å². The van der Waals surface area contributed by atoms with Crippen molar-refractivity contribution in [1.29, 1.82) is 0 Å². The molecular weight excluding hydrogens is 414 g/mol. The topological polar surface area (TPSA) is 119 Å². The molecule has 1 aliphatic heterocycles. The molecule has 30 heavy (non-hydrogen) atoms. The highest BCUT2D eigenvalue weighted by atomic mass is 35.5. The first-order valence-corrected chi connectivity index (χ1v) is 8.71. The first-order valence-electron chi connectivity index (χ1n) is 8.33. The molecule has 9 nitrogen and oxygen atoms in total. The number of benzene rings is 2. The van der Waals surface area contributed by atoms with Gasteiger partial charge in [-0.15, -0.1) is 6.42 Å². The first-order chi connectivity index (χ1) is 14.3. The van der Waals surface area contributed by atoms with Crippen LogP contribution in [0.15, 0.2) is 48.0 Å². The second-order valence-electron chi connectivity index (χ2n) is 5.91. The molecule has 4 amide bonds. The standard InChI is InChI=1S/C20H12ClN3O6/c1-2-9-30-17-8-3-12(11-16(17)21)10-15-18(25)22-20(27)23(19(15)26)13-4-6-14(7-5-13)24(28)29/h1,3-8,10-11H,9H2,(H,22,25,27). The number of halogens is 1. The highest BCUT2D eigenvalue weighted by Crippen LogP contribution is 2.28. The second kappa shape index (κ2) is 8.46. The number of anilines is 1. The molecule has 1 N–H and O–H groups in total. The normalized spacial score (nSPS) is 15.0. The molecule has 1 saturated heterocycles. The van der Waals surface area contributed by atoms with Crippen LogP contribution in [0.2, 0.25) is 5.02 Å². The lowest BCUT2D eigenvalue weighted by molar-refractivity contribution is -0.384. The lowest BCUT2D eigenvalue weighted by atomic mass is 10.1. The van der Waals surface area contributed by atoms with E-state index in [2.05, 4.69) is 11.2 Å². The number of nitro groups is 1. The second-order valence-corrected chi connectivity index (χ2v) is 6.32. The molecule has 0 radical (unpaired) electrons. The Morgan fingerprint density at radius 3 is 2.50 bits per heavy atom. The summed E-state index contributed by atoms with van der Waals surface area (Å²) in [5.41, 5.74) is -0.0549. The number of terminal acetylenes is 1. The number of hydrogen-bond acceptors (Lipinski definition) is 6. The minimum atomic E-state index is -0.966. The fourth-order valence-electron chi connectivity index (χ4n) is 2.63. The van der Waals surface area contributed by atoms with Crippen molar-refractivity contribution in [3.05, 3.63) is 68.7 Å². The van der Waals surface area contributed by atoms with E-state index >= 15 is 0 Å². The van der Waals surface area contributed by atoms with Gasteiger partial charge >= 0.3 is 6.03 Å². The summed E-state index contributed by atoms with van der Waals surface area (Å²) in [7, 11) is 0. The van der Waals surface area contributed by atoms with E-state index in [-0.39, 0.29) is 28.6 Å². The third kappa shape index (κ3) is 4.14. The zero-order valence-electron chi connectivity index (χ0n) is 15.1. The van der Waals surface area contributed by atoms with Crippen molar-refractivity contribution in [3.63, 3.8) is 0 Å². The highest BCUT2D eigenvalue weighted by molar-refractivity contribution is 6.39. The molecule has 1 heterocycles. The van der Waals surface area contributed by atoms with Gasteiger partial charge in [0.05, 0.1) is 15.6 Å². The Labute approximate surface area is 175 Å². The summed E-state index contributed by atoms with van der Waals surface area (Å²) in [6, 6.07) is 8.33. The SMILES string of the molecule is C#CCOc1ccc(C=C2C(=O)NC(=O)N(c3ccc([N+](=O)[O-])cc3)C2=O)cc1Cl. The Morgan fingerprint density at radius 2 is 1.90 bits per heavy atom. The van der Waals surface area contributed by atoms with E-state index in [1.807, 2.05) is 0 Å². The van der Waals surface area contributed by atoms with Crippen LogP contribution in [0.3, 0.4) is 0 Å². The van der Waals surface area contributed by atoms with Crippen LogP contribution in [0.4, 0.5) is 16.2 Å². The van der Waals surface area contributed by atoms with Crippen LogP contribution >= 0.6 is 11.6 Å². The maximum atomic E-state index is 12.8. The number of nitrogens with zero attached hydrogens (tertiary/aromatic N) is 2. The minimum absolute atomic E-state index is 0.0212. The summed E-state index contributed by atoms with van der Waals surface area (Å²) in [6.45, 7) is 0.0212. The summed E-state index contributed by atoms with van der Waals surface area (Å²) < 4.78 is 5.25. The van der Waals surface area contributed by atoms with Crippen LogP contribution in [-0.4, -0.2) is 29.4 Å². The number of nitro benzene ring substituents is 1. The summed E-state index contributed by atoms with van der Waals surface area (Å²) in [5.74, 6) is 0.867. The largest absolute Gasteiger partial charge is 0.479 e. The average Bonchev–Trinajstić information content (AvgIpc) is 2.70. The summed E-state index contributed by atoms with van der Waals surface area (Å²) in [6.07, 6.45) is 6.39. The zero-order valence-corrected chi connectivity index (χ0v) is 15.9. The molecular formula is C20H12ClN3O6. The minimum Gasteiger partial charge on any atom is -0.479 e. The third-order valence-electron chi connectivity index (χ3n) is 4.00. The maximum absolute atomic E-state index is 12.8. The van der Waals surface area contributed by atoms with Crippen molar-refractivity contribution < 1.29 is 24.0 Å². The van der Waals surface area contributed by atoms with Gasteiger partial charge in [0.1, 0.15) is 17.9 Å². The van der Waals surface area contributed by atoms with Crippen molar-refractivity contribution in [3.8, 4) is 18.1 Å². The van der Waals surface area contributed by atoms with Crippen LogP contribution in [-0.2, 0) is 9.59 Å². The molecule has 0 bridgehead atoms. The van der Waals surface area contributed by atoms with E-state index in [1.54, 1.807) is 6.07 Å².